The van der Waals surface area contributed by atoms with E-state index in [0.29, 0.717) is 5.56 Å². The molecule has 1 aromatic carbocycles. The highest BCUT2D eigenvalue weighted by molar-refractivity contribution is 5.92. The molecule has 2 rings (SSSR count). The van der Waals surface area contributed by atoms with E-state index in [1.54, 1.807) is 6.92 Å². The maximum absolute atomic E-state index is 12.5. The number of carbonyl (C=O) groups excluding carboxylic acids is 4. The molecular weight excluding hydrogens is 436 g/mol. The van der Waals surface area contributed by atoms with Crippen molar-refractivity contribution in [3.63, 3.8) is 0 Å². The molecule has 1 saturated heterocycles. The van der Waals surface area contributed by atoms with Gasteiger partial charge in [-0.2, -0.15) is 0 Å². The topological polar surface area (TPSA) is 135 Å². The van der Waals surface area contributed by atoms with E-state index in [0.717, 1.165) is 6.92 Å². The van der Waals surface area contributed by atoms with E-state index >= 15 is 0 Å². The van der Waals surface area contributed by atoms with Crippen molar-refractivity contribution >= 4 is 23.7 Å². The number of esters is 3. The molecule has 33 heavy (non-hydrogen) atoms. The van der Waals surface area contributed by atoms with Gasteiger partial charge in [0.25, 0.3) is 0 Å². The Labute approximate surface area is 191 Å². The zero-order valence-corrected chi connectivity index (χ0v) is 18.9. The molecule has 0 saturated carbocycles. The fraction of sp³-hybridized carbons (Fsp3) is 0.478. The number of carbonyl (C=O) groups is 4. The lowest BCUT2D eigenvalue weighted by Crippen LogP contribution is -2.59. The lowest BCUT2D eigenvalue weighted by atomic mass is 9.88. The number of ether oxygens (including phenoxy) is 5. The summed E-state index contributed by atoms with van der Waals surface area (Å²) in [5.74, 6) is -3.10. The predicted molar refractivity (Wildman–Crippen MR) is 113 cm³/mol. The maximum atomic E-state index is 12.5. The molecule has 10 heteroatoms. The lowest BCUT2D eigenvalue weighted by molar-refractivity contribution is -0.261. The molecule has 1 heterocycles. The van der Waals surface area contributed by atoms with Crippen LogP contribution in [0.5, 0.6) is 5.75 Å². The molecule has 5 atom stereocenters. The second kappa shape index (κ2) is 11.6. The smallest absolute Gasteiger partial charge is 0.342 e. The number of Topliss-reactive ketones (excluding diaryl/α,β-unsaturated/α-hetero) is 1. The second-order valence-electron chi connectivity index (χ2n) is 7.54. The molecule has 1 N–H and O–H groups in total. The van der Waals surface area contributed by atoms with Gasteiger partial charge in [-0.15, -0.1) is 0 Å². The zero-order valence-electron chi connectivity index (χ0n) is 18.9. The number of hydrogen-bond donors (Lipinski definition) is 1. The van der Waals surface area contributed by atoms with E-state index < -0.39 is 48.4 Å². The second-order valence-corrected chi connectivity index (χ2v) is 7.54. The van der Waals surface area contributed by atoms with Gasteiger partial charge in [-0.05, 0) is 24.6 Å². The number of rotatable bonds is 9. The predicted octanol–water partition coefficient (Wildman–Crippen LogP) is 1.71. The molecule has 0 aliphatic carbocycles. The van der Waals surface area contributed by atoms with Crippen molar-refractivity contribution in [3.8, 4) is 5.75 Å². The molecule has 0 spiro atoms. The molecule has 1 aliphatic heterocycles. The van der Waals surface area contributed by atoms with E-state index in [4.69, 9.17) is 23.7 Å². The number of aliphatic hydroxyl groups is 1. The molecule has 0 aromatic heterocycles. The summed E-state index contributed by atoms with van der Waals surface area (Å²) >= 11 is 0. The summed E-state index contributed by atoms with van der Waals surface area (Å²) in [7, 11) is 0. The van der Waals surface area contributed by atoms with Gasteiger partial charge < -0.3 is 28.8 Å². The Morgan fingerprint density at radius 2 is 1.73 bits per heavy atom. The largest absolute Gasteiger partial charge is 0.460 e. The van der Waals surface area contributed by atoms with Crippen LogP contribution in [0.3, 0.4) is 0 Å². The Morgan fingerprint density at radius 1 is 1.09 bits per heavy atom. The minimum absolute atomic E-state index is 0.0122. The van der Waals surface area contributed by atoms with Gasteiger partial charge in [0.2, 0.25) is 12.4 Å². The van der Waals surface area contributed by atoms with Gasteiger partial charge >= 0.3 is 17.9 Å². The van der Waals surface area contributed by atoms with E-state index in [9.17, 15) is 24.3 Å². The van der Waals surface area contributed by atoms with E-state index in [1.165, 1.54) is 38.1 Å². The maximum Gasteiger partial charge on any atom is 0.342 e. The molecule has 10 nitrogen and oxygen atoms in total. The number of benzene rings is 1. The zero-order chi connectivity index (χ0) is 24.7. The van der Waals surface area contributed by atoms with Crippen LogP contribution >= 0.6 is 0 Å². The van der Waals surface area contributed by atoms with Crippen molar-refractivity contribution in [1.82, 2.24) is 0 Å². The van der Waals surface area contributed by atoms with Crippen LogP contribution in [0, 0.1) is 5.92 Å². The first-order chi connectivity index (χ1) is 15.6. The van der Waals surface area contributed by atoms with Crippen LogP contribution in [0.15, 0.2) is 30.9 Å². The molecule has 1 aliphatic rings. The van der Waals surface area contributed by atoms with E-state index in [1.807, 2.05) is 0 Å². The third-order valence-electron chi connectivity index (χ3n) is 4.90. The molecule has 0 radical (unpaired) electrons. The van der Waals surface area contributed by atoms with Gasteiger partial charge in [-0.25, -0.2) is 4.79 Å². The normalized spacial score (nSPS) is 24.3. The lowest BCUT2D eigenvalue weighted by Gasteiger charge is -2.43. The van der Waals surface area contributed by atoms with Crippen LogP contribution in [0.25, 0.3) is 0 Å². The van der Waals surface area contributed by atoms with E-state index in [-0.39, 0.29) is 30.3 Å². The average molecular weight is 464 g/mol. The molecule has 1 fully saturated rings. The Morgan fingerprint density at radius 3 is 2.27 bits per heavy atom. The van der Waals surface area contributed by atoms with Crippen LogP contribution < -0.4 is 4.74 Å². The Bertz CT molecular complexity index is 909. The molecule has 0 amide bonds. The number of aliphatic hydroxyl groups excluding tert-OH is 1. The Balaban J connectivity index is 2.49. The highest BCUT2D eigenvalue weighted by Gasteiger charge is 2.50. The first-order valence-electron chi connectivity index (χ1n) is 10.3. The van der Waals surface area contributed by atoms with Crippen LogP contribution in [0.2, 0.25) is 0 Å². The Kier molecular flexibility index (Phi) is 9.12. The summed E-state index contributed by atoms with van der Waals surface area (Å²) in [5, 5.41) is 9.44. The molecule has 1 aromatic rings. The minimum Gasteiger partial charge on any atom is -0.460 e. The summed E-state index contributed by atoms with van der Waals surface area (Å²) in [5.41, 5.74) is 0.387. The molecule has 180 valence electrons. The van der Waals surface area contributed by atoms with Crippen molar-refractivity contribution < 1.29 is 48.0 Å². The summed E-state index contributed by atoms with van der Waals surface area (Å²) in [6.45, 7) is 8.38. The Hall–Kier alpha value is -3.24. The van der Waals surface area contributed by atoms with Crippen molar-refractivity contribution in [3.05, 3.63) is 42.0 Å². The fourth-order valence-corrected chi connectivity index (χ4v) is 3.49. The fourth-order valence-electron chi connectivity index (χ4n) is 3.49. The summed E-state index contributed by atoms with van der Waals surface area (Å²) in [6, 6.07) is 4.29. The van der Waals surface area contributed by atoms with Gasteiger partial charge in [0.1, 0.15) is 24.0 Å². The first-order valence-corrected chi connectivity index (χ1v) is 10.3. The van der Waals surface area contributed by atoms with Crippen LogP contribution in [-0.4, -0.2) is 60.0 Å². The highest BCUT2D eigenvalue weighted by atomic mass is 16.7. The average Bonchev–Trinajstić information content (AvgIpc) is 2.75. The molecular formula is C23H28O10. The van der Waals surface area contributed by atoms with Crippen LogP contribution in [-0.2, 0) is 39.9 Å². The van der Waals surface area contributed by atoms with Crippen molar-refractivity contribution in [2.45, 2.75) is 58.9 Å². The van der Waals surface area contributed by atoms with Crippen LogP contribution in [0.1, 0.15) is 43.6 Å². The molecule has 0 unspecified atom stereocenters. The van der Waals surface area contributed by atoms with E-state index in [2.05, 4.69) is 6.58 Å². The summed E-state index contributed by atoms with van der Waals surface area (Å²) in [4.78, 5) is 48.3. The summed E-state index contributed by atoms with van der Waals surface area (Å²) in [6.07, 6.45) is -3.32. The van der Waals surface area contributed by atoms with Crippen LogP contribution in [0.4, 0.5) is 0 Å². The first kappa shape index (κ1) is 26.0. The number of hydrogen-bond acceptors (Lipinski definition) is 10. The van der Waals surface area contributed by atoms with Gasteiger partial charge in [-0.1, -0.05) is 25.6 Å². The minimum atomic E-state index is -1.39. The number of ketones is 1. The SMILES string of the molecule is C=CCOC(=O)c1cc(CO)ccc1O[C@@H]1O[C@H](C(C)=O)[C@@H](C)[C@H](OC(C)=O)[C@H]1OC(C)=O. The third kappa shape index (κ3) is 6.62. The van der Waals surface area contributed by atoms with Gasteiger partial charge in [0.05, 0.1) is 6.61 Å². The van der Waals surface area contributed by atoms with Crippen molar-refractivity contribution in [2.24, 2.45) is 5.92 Å². The third-order valence-corrected chi connectivity index (χ3v) is 4.90. The highest BCUT2D eigenvalue weighted by Crippen LogP contribution is 2.34. The summed E-state index contributed by atoms with van der Waals surface area (Å²) < 4.78 is 27.5. The van der Waals surface area contributed by atoms with Crippen molar-refractivity contribution in [1.29, 1.82) is 0 Å². The standard InChI is InChI=1S/C23H28O10/c1-6-9-29-22(28)17-10-16(11-24)7-8-18(17)32-23-21(31-15(5)27)20(30-14(4)26)12(2)19(33-23)13(3)25/h6-8,10,12,19-21,23-24H,1,9,11H2,2-5H3/t12-,19+,20+,21-,23-/m1/s1. The monoisotopic (exact) mass is 464 g/mol. The van der Waals surface area contributed by atoms with Gasteiger partial charge in [-0.3, -0.25) is 14.4 Å². The van der Waals surface area contributed by atoms with Gasteiger partial charge in [0.15, 0.2) is 11.9 Å². The van der Waals surface area contributed by atoms with Crippen molar-refractivity contribution in [2.75, 3.05) is 6.61 Å². The quantitative estimate of drug-likeness (QED) is 0.327. The molecule has 0 bridgehead atoms. The van der Waals surface area contributed by atoms with Gasteiger partial charge in [0, 0.05) is 19.8 Å².